The first kappa shape index (κ1) is 21.8. The van der Waals surface area contributed by atoms with Gasteiger partial charge < -0.3 is 9.73 Å². The first-order valence-electron chi connectivity index (χ1n) is 10.1. The number of fused-ring (bicyclic) bond motifs is 1. The van der Waals surface area contributed by atoms with Crippen LogP contribution in [0.2, 0.25) is 0 Å². The Hall–Kier alpha value is -3.40. The number of nitrogens with zero attached hydrogens (tertiary/aromatic N) is 4. The van der Waals surface area contributed by atoms with Gasteiger partial charge in [0, 0.05) is 12.2 Å². The summed E-state index contributed by atoms with van der Waals surface area (Å²) in [4.78, 5) is 30.5. The second-order valence-electron chi connectivity index (χ2n) is 7.26. The van der Waals surface area contributed by atoms with E-state index in [4.69, 9.17) is 4.42 Å². The first-order chi connectivity index (χ1) is 15.4. The van der Waals surface area contributed by atoms with E-state index >= 15 is 0 Å². The molecular formula is C22H22FN5O3S. The monoisotopic (exact) mass is 455 g/mol. The molecule has 1 N–H and O–H groups in total. The average molecular weight is 456 g/mol. The predicted octanol–water partition coefficient (Wildman–Crippen LogP) is 3.74. The Bertz CT molecular complexity index is 1340. The van der Waals surface area contributed by atoms with Crippen LogP contribution >= 0.6 is 11.8 Å². The summed E-state index contributed by atoms with van der Waals surface area (Å²) in [6.07, 6.45) is 1.54. The summed E-state index contributed by atoms with van der Waals surface area (Å²) in [5.41, 5.74) is 2.19. The minimum Gasteiger partial charge on any atom is -0.467 e. The molecule has 0 aliphatic rings. The first-order valence-corrected chi connectivity index (χ1v) is 11.0. The summed E-state index contributed by atoms with van der Waals surface area (Å²) in [6.45, 7) is 6.06. The van der Waals surface area contributed by atoms with Crippen molar-refractivity contribution in [1.29, 1.82) is 0 Å². The highest BCUT2D eigenvalue weighted by molar-refractivity contribution is 7.99. The van der Waals surface area contributed by atoms with E-state index in [1.165, 1.54) is 16.9 Å². The van der Waals surface area contributed by atoms with Crippen LogP contribution in [-0.2, 0) is 17.9 Å². The Labute approximate surface area is 187 Å². The van der Waals surface area contributed by atoms with Crippen molar-refractivity contribution in [2.45, 2.75) is 39.0 Å². The van der Waals surface area contributed by atoms with Gasteiger partial charge in [-0.2, -0.15) is 5.10 Å². The maximum atomic E-state index is 13.8. The van der Waals surface area contributed by atoms with Crippen molar-refractivity contribution >= 4 is 34.4 Å². The topological polar surface area (TPSA) is 95.0 Å². The minimum atomic E-state index is -0.390. The number of rotatable bonds is 7. The fourth-order valence-electron chi connectivity index (χ4n) is 3.32. The lowest BCUT2D eigenvalue weighted by Gasteiger charge is -2.12. The largest absolute Gasteiger partial charge is 0.467 e. The molecule has 0 fully saturated rings. The number of furan rings is 1. The van der Waals surface area contributed by atoms with Crippen LogP contribution in [0.25, 0.3) is 11.0 Å². The Morgan fingerprint density at radius 3 is 2.78 bits per heavy atom. The molecule has 0 spiro atoms. The Morgan fingerprint density at radius 1 is 1.28 bits per heavy atom. The van der Waals surface area contributed by atoms with Crippen LogP contribution in [-0.4, -0.2) is 31.0 Å². The van der Waals surface area contributed by atoms with E-state index in [-0.39, 0.29) is 23.8 Å². The molecule has 0 aliphatic heterocycles. The predicted molar refractivity (Wildman–Crippen MR) is 120 cm³/mol. The number of aryl methyl sites for hydroxylation is 3. The van der Waals surface area contributed by atoms with Gasteiger partial charge in [-0.3, -0.25) is 18.8 Å². The second-order valence-corrected chi connectivity index (χ2v) is 8.21. The molecule has 32 heavy (non-hydrogen) atoms. The molecule has 10 heteroatoms. The van der Waals surface area contributed by atoms with E-state index in [0.29, 0.717) is 45.4 Å². The summed E-state index contributed by atoms with van der Waals surface area (Å²) in [5, 5.41) is 7.46. The van der Waals surface area contributed by atoms with Gasteiger partial charge in [-0.15, -0.1) is 0 Å². The molecule has 3 heterocycles. The van der Waals surface area contributed by atoms with Crippen molar-refractivity contribution in [3.05, 3.63) is 69.8 Å². The quantitative estimate of drug-likeness (QED) is 0.337. The molecule has 4 rings (SSSR count). The molecule has 0 atom stereocenters. The fraction of sp³-hybridized carbons (Fsp3) is 0.273. The van der Waals surface area contributed by atoms with Crippen molar-refractivity contribution in [3.8, 4) is 0 Å². The van der Waals surface area contributed by atoms with Crippen molar-refractivity contribution in [3.63, 3.8) is 0 Å². The summed E-state index contributed by atoms with van der Waals surface area (Å²) < 4.78 is 22.3. The Morgan fingerprint density at radius 2 is 2.09 bits per heavy atom. The highest BCUT2D eigenvalue weighted by Gasteiger charge is 2.19. The van der Waals surface area contributed by atoms with Gasteiger partial charge in [-0.05, 0) is 50.6 Å². The molecule has 0 radical (unpaired) electrons. The zero-order chi connectivity index (χ0) is 22.8. The number of carbonyl (C=O) groups excluding carboxylic acids is 1. The van der Waals surface area contributed by atoms with Crippen molar-refractivity contribution in [2.75, 3.05) is 11.1 Å². The maximum Gasteiger partial charge on any atom is 0.280 e. The van der Waals surface area contributed by atoms with Crippen molar-refractivity contribution in [2.24, 2.45) is 0 Å². The molecule has 3 aromatic heterocycles. The van der Waals surface area contributed by atoms with Gasteiger partial charge in [-0.25, -0.2) is 9.37 Å². The van der Waals surface area contributed by atoms with Gasteiger partial charge in [0.05, 0.1) is 24.3 Å². The molecule has 1 aromatic carbocycles. The standard InChI is InChI=1S/C22H22FN5O3S/c1-4-28-20-19(14(3)26-28)25-22(27(21(20)30)11-16-6-5-9-31-16)32-12-18(29)24-15-8-7-13(2)17(23)10-15/h5-10H,4,11-12H2,1-3H3,(H,24,29). The van der Waals surface area contributed by atoms with Crippen molar-refractivity contribution < 1.29 is 13.6 Å². The molecule has 0 aliphatic carbocycles. The fourth-order valence-corrected chi connectivity index (χ4v) is 4.11. The normalized spacial score (nSPS) is 11.2. The van der Waals surface area contributed by atoms with E-state index in [1.807, 2.05) is 6.92 Å². The molecule has 0 saturated heterocycles. The van der Waals surface area contributed by atoms with Crippen LogP contribution in [0.15, 0.2) is 51.0 Å². The summed E-state index contributed by atoms with van der Waals surface area (Å²) in [7, 11) is 0. The van der Waals surface area contributed by atoms with Gasteiger partial charge in [0.25, 0.3) is 5.56 Å². The number of amides is 1. The zero-order valence-electron chi connectivity index (χ0n) is 17.9. The average Bonchev–Trinajstić information content (AvgIpc) is 3.39. The molecule has 0 saturated carbocycles. The maximum absolute atomic E-state index is 13.8. The highest BCUT2D eigenvalue weighted by Crippen LogP contribution is 2.22. The second kappa shape index (κ2) is 8.99. The van der Waals surface area contributed by atoms with E-state index in [2.05, 4.69) is 15.4 Å². The zero-order valence-corrected chi connectivity index (χ0v) is 18.7. The summed E-state index contributed by atoms with van der Waals surface area (Å²) in [6, 6.07) is 8.03. The smallest absolute Gasteiger partial charge is 0.280 e. The molecule has 8 nitrogen and oxygen atoms in total. The number of halogens is 1. The third kappa shape index (κ3) is 4.31. The molecule has 0 bridgehead atoms. The molecule has 4 aromatic rings. The number of nitrogens with one attached hydrogen (secondary N) is 1. The van der Waals surface area contributed by atoms with Gasteiger partial charge in [0.1, 0.15) is 17.1 Å². The Kier molecular flexibility index (Phi) is 6.13. The molecular weight excluding hydrogens is 433 g/mol. The van der Waals surface area contributed by atoms with Gasteiger partial charge in [-0.1, -0.05) is 17.8 Å². The van der Waals surface area contributed by atoms with Crippen LogP contribution < -0.4 is 10.9 Å². The van der Waals surface area contributed by atoms with Gasteiger partial charge in [0.2, 0.25) is 5.91 Å². The van der Waals surface area contributed by atoms with Crippen LogP contribution in [0.3, 0.4) is 0 Å². The van der Waals surface area contributed by atoms with Crippen molar-refractivity contribution in [1.82, 2.24) is 19.3 Å². The number of carbonyl (C=O) groups is 1. The minimum absolute atomic E-state index is 0.00738. The number of thioether (sulfide) groups is 1. The number of benzene rings is 1. The number of hydrogen-bond donors (Lipinski definition) is 1. The molecule has 0 unspecified atom stereocenters. The number of anilines is 1. The SMILES string of the molecule is CCn1nc(C)c2nc(SCC(=O)Nc3ccc(C)c(F)c3)n(Cc3ccco3)c(=O)c21. The third-order valence-electron chi connectivity index (χ3n) is 4.96. The summed E-state index contributed by atoms with van der Waals surface area (Å²) >= 11 is 1.13. The van der Waals surface area contributed by atoms with E-state index in [9.17, 15) is 14.0 Å². The van der Waals surface area contributed by atoms with E-state index < -0.39 is 5.82 Å². The van der Waals surface area contributed by atoms with Crippen LogP contribution in [0.1, 0.15) is 23.9 Å². The van der Waals surface area contributed by atoms with Crippen LogP contribution in [0.4, 0.5) is 10.1 Å². The van der Waals surface area contributed by atoms with Gasteiger partial charge in [0.15, 0.2) is 10.7 Å². The van der Waals surface area contributed by atoms with E-state index in [0.717, 1.165) is 11.8 Å². The van der Waals surface area contributed by atoms with E-state index in [1.54, 1.807) is 42.8 Å². The number of hydrogen-bond acceptors (Lipinski definition) is 6. The molecule has 166 valence electrons. The lowest BCUT2D eigenvalue weighted by Crippen LogP contribution is -2.26. The molecule has 1 amide bonds. The summed E-state index contributed by atoms with van der Waals surface area (Å²) in [5.74, 6) is -0.141. The lowest BCUT2D eigenvalue weighted by atomic mass is 10.2. The number of aromatic nitrogens is 4. The van der Waals surface area contributed by atoms with Gasteiger partial charge >= 0.3 is 0 Å². The highest BCUT2D eigenvalue weighted by atomic mass is 32.2. The lowest BCUT2D eigenvalue weighted by molar-refractivity contribution is -0.113. The van der Waals surface area contributed by atoms with Crippen LogP contribution in [0.5, 0.6) is 0 Å². The van der Waals surface area contributed by atoms with Crippen LogP contribution in [0, 0.1) is 19.7 Å². The Balaban J connectivity index is 1.64. The third-order valence-corrected chi connectivity index (χ3v) is 5.94.